The second kappa shape index (κ2) is 15.9. The summed E-state index contributed by atoms with van der Waals surface area (Å²) in [4.78, 5) is 0. The van der Waals surface area contributed by atoms with Crippen LogP contribution in [0, 0.1) is 6.92 Å². The highest BCUT2D eigenvalue weighted by atomic mass is 79.9. The Balaban J connectivity index is 0.000000250. The maximum Gasteiger partial charge on any atom is 0.417 e. The monoisotopic (exact) mass is 766 g/mol. The van der Waals surface area contributed by atoms with Gasteiger partial charge in [0.05, 0.1) is 5.56 Å². The fraction of sp³-hybridized carbons (Fsp3) is 0.0769. The summed E-state index contributed by atoms with van der Waals surface area (Å²) in [6.07, 6.45) is -4.35. The third-order valence-electron chi connectivity index (χ3n) is 4.20. The van der Waals surface area contributed by atoms with Crippen molar-refractivity contribution in [1.29, 1.82) is 0 Å². The Morgan fingerprint density at radius 1 is 0.541 bits per heavy atom. The zero-order chi connectivity index (χ0) is 28.2. The number of halogens is 7. The Kier molecular flexibility index (Phi) is 14.1. The molecule has 0 aromatic heterocycles. The molecule has 0 saturated heterocycles. The molecule has 0 bridgehead atoms. The number of rotatable bonds is 0. The van der Waals surface area contributed by atoms with Crippen LogP contribution < -0.4 is 22.9 Å². The average Bonchev–Trinajstić information content (AvgIpc) is 2.80. The van der Waals surface area contributed by atoms with Crippen molar-refractivity contribution < 1.29 is 13.2 Å². The molecule has 37 heavy (non-hydrogen) atoms. The molecule has 4 aromatic rings. The van der Waals surface area contributed by atoms with Gasteiger partial charge in [-0.2, -0.15) is 13.2 Å². The molecule has 0 atom stereocenters. The molecule has 0 amide bonds. The average molecular weight is 770 g/mol. The van der Waals surface area contributed by atoms with E-state index in [0.717, 1.165) is 36.5 Å². The Bertz CT molecular complexity index is 1230. The summed E-state index contributed by atoms with van der Waals surface area (Å²) in [5, 5.41) is 0. The maximum atomic E-state index is 12.1. The van der Waals surface area contributed by atoms with Crippen LogP contribution in [0.2, 0.25) is 0 Å². The quantitative estimate of drug-likeness (QED) is 0.134. The molecule has 0 heterocycles. The summed E-state index contributed by atoms with van der Waals surface area (Å²) in [6.45, 7) is 2.01. The van der Waals surface area contributed by atoms with Crippen LogP contribution in [0.4, 0.5) is 35.9 Å². The Morgan fingerprint density at radius 3 is 1.41 bits per heavy atom. The molecule has 0 radical (unpaired) electrons. The van der Waals surface area contributed by atoms with E-state index in [1.165, 1.54) is 17.7 Å². The van der Waals surface area contributed by atoms with E-state index in [0.29, 0.717) is 0 Å². The first-order valence-electron chi connectivity index (χ1n) is 10.3. The molecule has 4 rings (SSSR count). The Hall–Kier alpha value is -2.21. The fourth-order valence-electron chi connectivity index (χ4n) is 2.40. The first kappa shape index (κ1) is 32.8. The molecule has 0 unspecified atom stereocenters. The van der Waals surface area contributed by atoms with Crippen LogP contribution in [0.15, 0.2) is 103 Å². The van der Waals surface area contributed by atoms with Crippen molar-refractivity contribution in [2.24, 2.45) is 0 Å². The number of anilines is 4. The number of nitrogens with two attached hydrogens (primary N) is 4. The number of nitrogen functional groups attached to an aromatic ring is 4. The molecular formula is C26H25Br4F3N4. The van der Waals surface area contributed by atoms with E-state index in [1.807, 2.05) is 73.7 Å². The lowest BCUT2D eigenvalue weighted by molar-refractivity contribution is -0.138. The van der Waals surface area contributed by atoms with Crippen molar-refractivity contribution in [3.63, 3.8) is 0 Å². The standard InChI is InChI=1S/C7H5BrF3N.C7H8BrN.2C6H6BrN/c8-6-2-1-4(12)3-5(6)7(9,10)11;1-5-4-6(9)2-3-7(5)8;7-5-1-3-6(8)4-2-5;7-5-2-1-3-6(8)4-5/h1-3H,12H2;2-4H,9H2,1H3;2*1-4H,8H2. The van der Waals surface area contributed by atoms with Crippen LogP contribution in [0.25, 0.3) is 0 Å². The molecule has 4 nitrogen and oxygen atoms in total. The predicted octanol–water partition coefficient (Wildman–Crippen LogP) is 9.45. The van der Waals surface area contributed by atoms with Crippen LogP contribution in [-0.4, -0.2) is 0 Å². The minimum absolute atomic E-state index is 0.00389. The van der Waals surface area contributed by atoms with Gasteiger partial charge < -0.3 is 22.9 Å². The highest BCUT2D eigenvalue weighted by Crippen LogP contribution is 2.35. The largest absolute Gasteiger partial charge is 0.417 e. The van der Waals surface area contributed by atoms with Crippen LogP contribution in [0.5, 0.6) is 0 Å². The maximum absolute atomic E-state index is 12.1. The lowest BCUT2D eigenvalue weighted by Crippen LogP contribution is -2.06. The molecule has 8 N–H and O–H groups in total. The molecule has 198 valence electrons. The minimum Gasteiger partial charge on any atom is -0.399 e. The normalized spacial score (nSPS) is 10.1. The Labute approximate surface area is 248 Å². The number of benzene rings is 4. The van der Waals surface area contributed by atoms with Gasteiger partial charge in [-0.05, 0) is 91.3 Å². The number of alkyl halides is 3. The van der Waals surface area contributed by atoms with E-state index in [-0.39, 0.29) is 10.2 Å². The van der Waals surface area contributed by atoms with Crippen molar-refractivity contribution in [2.45, 2.75) is 13.1 Å². The van der Waals surface area contributed by atoms with Crippen molar-refractivity contribution >= 4 is 86.5 Å². The van der Waals surface area contributed by atoms with Crippen LogP contribution in [0.3, 0.4) is 0 Å². The molecular weight excluding hydrogens is 745 g/mol. The van der Waals surface area contributed by atoms with Gasteiger partial charge in [0.25, 0.3) is 0 Å². The second-order valence-corrected chi connectivity index (χ2v) is 10.9. The van der Waals surface area contributed by atoms with E-state index >= 15 is 0 Å². The predicted molar refractivity (Wildman–Crippen MR) is 164 cm³/mol. The van der Waals surface area contributed by atoms with Gasteiger partial charge in [0.15, 0.2) is 0 Å². The van der Waals surface area contributed by atoms with Gasteiger partial charge in [0, 0.05) is 40.6 Å². The highest BCUT2D eigenvalue weighted by molar-refractivity contribution is 9.11. The fourth-order valence-corrected chi connectivity index (χ4v) is 3.80. The van der Waals surface area contributed by atoms with Gasteiger partial charge in [-0.25, -0.2) is 0 Å². The van der Waals surface area contributed by atoms with Crippen molar-refractivity contribution in [3.8, 4) is 0 Å². The van der Waals surface area contributed by atoms with Crippen molar-refractivity contribution in [3.05, 3.63) is 114 Å². The summed E-state index contributed by atoms with van der Waals surface area (Å²) in [7, 11) is 0. The van der Waals surface area contributed by atoms with E-state index < -0.39 is 11.7 Å². The lowest BCUT2D eigenvalue weighted by atomic mass is 10.2. The van der Waals surface area contributed by atoms with Gasteiger partial charge in [0.1, 0.15) is 0 Å². The first-order chi connectivity index (χ1) is 17.2. The summed E-state index contributed by atoms with van der Waals surface area (Å²) in [6, 6.07) is 24.4. The number of aryl methyl sites for hydroxylation is 1. The molecule has 0 aliphatic heterocycles. The third kappa shape index (κ3) is 13.8. The molecule has 11 heteroatoms. The van der Waals surface area contributed by atoms with E-state index in [9.17, 15) is 13.2 Å². The van der Waals surface area contributed by atoms with Gasteiger partial charge in [0.2, 0.25) is 0 Å². The van der Waals surface area contributed by atoms with E-state index in [4.69, 9.17) is 22.9 Å². The number of hydrogen-bond acceptors (Lipinski definition) is 4. The van der Waals surface area contributed by atoms with Gasteiger partial charge in [-0.15, -0.1) is 0 Å². The lowest BCUT2D eigenvalue weighted by Gasteiger charge is -2.08. The molecule has 0 aliphatic rings. The topological polar surface area (TPSA) is 104 Å². The van der Waals surface area contributed by atoms with Crippen LogP contribution in [0.1, 0.15) is 11.1 Å². The van der Waals surface area contributed by atoms with Gasteiger partial charge >= 0.3 is 6.18 Å². The molecule has 4 aromatic carbocycles. The smallest absolute Gasteiger partial charge is 0.399 e. The summed E-state index contributed by atoms with van der Waals surface area (Å²) in [5.41, 5.74) is 24.5. The highest BCUT2D eigenvalue weighted by Gasteiger charge is 2.32. The SMILES string of the molecule is Cc1cc(N)ccc1Br.Nc1ccc(Br)c(C(F)(F)F)c1.Nc1ccc(Br)cc1.Nc1cccc(Br)c1. The zero-order valence-electron chi connectivity index (χ0n) is 19.5. The minimum atomic E-state index is -4.35. The molecule has 0 spiro atoms. The first-order valence-corrected chi connectivity index (χ1v) is 13.5. The third-order valence-corrected chi connectivity index (χ3v) is 6.80. The van der Waals surface area contributed by atoms with Crippen molar-refractivity contribution in [2.75, 3.05) is 22.9 Å². The zero-order valence-corrected chi connectivity index (χ0v) is 25.9. The van der Waals surface area contributed by atoms with E-state index in [1.54, 1.807) is 0 Å². The molecule has 0 aliphatic carbocycles. The van der Waals surface area contributed by atoms with Crippen LogP contribution >= 0.6 is 63.7 Å². The summed E-state index contributed by atoms with van der Waals surface area (Å²) >= 11 is 12.7. The van der Waals surface area contributed by atoms with Gasteiger partial charge in [-0.1, -0.05) is 69.8 Å². The molecule has 0 fully saturated rings. The van der Waals surface area contributed by atoms with E-state index in [2.05, 4.69) is 63.7 Å². The number of hydrogen-bond donors (Lipinski definition) is 4. The second-order valence-electron chi connectivity index (χ2n) is 7.35. The van der Waals surface area contributed by atoms with Crippen molar-refractivity contribution in [1.82, 2.24) is 0 Å². The summed E-state index contributed by atoms with van der Waals surface area (Å²) < 4.78 is 39.6. The van der Waals surface area contributed by atoms with Crippen LogP contribution in [-0.2, 0) is 6.18 Å². The molecule has 0 saturated carbocycles. The van der Waals surface area contributed by atoms with Gasteiger partial charge in [-0.3, -0.25) is 0 Å². The Morgan fingerprint density at radius 2 is 1.03 bits per heavy atom. The summed E-state index contributed by atoms with van der Waals surface area (Å²) in [5.74, 6) is 0.